The van der Waals surface area contributed by atoms with E-state index in [4.69, 9.17) is 23.1 Å². The Bertz CT molecular complexity index is 1160. The molecule has 1 heterocycles. The molecule has 184 valence electrons. The second kappa shape index (κ2) is 10.5. The van der Waals surface area contributed by atoms with E-state index in [1.165, 1.54) is 38.6 Å². The Morgan fingerprint density at radius 3 is 2.53 bits per heavy atom. The van der Waals surface area contributed by atoms with E-state index in [0.717, 1.165) is 5.56 Å². The summed E-state index contributed by atoms with van der Waals surface area (Å²) in [7, 11) is -1.53. The summed E-state index contributed by atoms with van der Waals surface area (Å²) in [6, 6.07) is 9.59. The lowest BCUT2D eigenvalue weighted by Crippen LogP contribution is -2.34. The first-order chi connectivity index (χ1) is 16.1. The minimum atomic E-state index is -4.41. The molecule has 34 heavy (non-hydrogen) atoms. The molecule has 0 aliphatic carbocycles. The van der Waals surface area contributed by atoms with E-state index < -0.39 is 22.1 Å². The third kappa shape index (κ3) is 6.44. The molecule has 0 aromatic heterocycles. The van der Waals surface area contributed by atoms with Gasteiger partial charge < -0.3 is 23.1 Å². The quantitative estimate of drug-likeness (QED) is 0.280. The van der Waals surface area contributed by atoms with Crippen LogP contribution in [0.4, 0.5) is 10.5 Å². The zero-order valence-corrected chi connectivity index (χ0v) is 20.0. The highest BCUT2D eigenvalue weighted by Crippen LogP contribution is 2.37. The molecule has 0 saturated heterocycles. The Morgan fingerprint density at radius 2 is 1.79 bits per heavy atom. The predicted molar refractivity (Wildman–Crippen MR) is 123 cm³/mol. The van der Waals surface area contributed by atoms with Gasteiger partial charge in [0.2, 0.25) is 0 Å². The number of benzene rings is 2. The second-order valence-electron chi connectivity index (χ2n) is 7.59. The van der Waals surface area contributed by atoms with Crippen LogP contribution in [-0.4, -0.2) is 41.6 Å². The Labute approximate surface area is 197 Å². The zero-order valence-electron chi connectivity index (χ0n) is 19.2. The molecule has 0 spiro atoms. The fourth-order valence-corrected chi connectivity index (χ4v) is 3.70. The molecule has 1 amide bonds. The highest BCUT2D eigenvalue weighted by Gasteiger charge is 2.33. The second-order valence-corrected chi connectivity index (χ2v) is 8.73. The van der Waals surface area contributed by atoms with E-state index in [0.29, 0.717) is 42.4 Å². The third-order valence-electron chi connectivity index (χ3n) is 4.73. The number of oxime groups is 1. The van der Waals surface area contributed by atoms with Crippen LogP contribution in [0, 0.1) is 0 Å². The summed E-state index contributed by atoms with van der Waals surface area (Å²) in [6.07, 6.45) is 1.72. The number of nitrogens with zero attached hydrogens (tertiary/aromatic N) is 1. The SMILES string of the molecule is COc1ccc(OS(=O)(=O)ON=CCCCOc2ccc3c(c2)NC(=O)OC3(C)C)cc1OC. The number of hydrogen-bond acceptors (Lipinski definition) is 10. The van der Waals surface area contributed by atoms with Gasteiger partial charge in [-0.25, -0.2) is 9.08 Å². The van der Waals surface area contributed by atoms with Gasteiger partial charge in [-0.05, 0) is 51.0 Å². The predicted octanol–water partition coefficient (Wildman–Crippen LogP) is 3.99. The highest BCUT2D eigenvalue weighted by molar-refractivity contribution is 7.82. The van der Waals surface area contributed by atoms with Crippen LogP contribution >= 0.6 is 0 Å². The summed E-state index contributed by atoms with van der Waals surface area (Å²) in [5.41, 5.74) is 0.754. The van der Waals surface area contributed by atoms with Gasteiger partial charge in [0.25, 0.3) is 0 Å². The number of amides is 1. The Hall–Kier alpha value is -3.67. The van der Waals surface area contributed by atoms with Gasteiger partial charge in [-0.15, -0.1) is 8.42 Å². The van der Waals surface area contributed by atoms with Crippen molar-refractivity contribution in [2.45, 2.75) is 32.3 Å². The number of anilines is 1. The standard InChI is InChI=1S/C22H26N2O9S/c1-22(2)17-9-7-15(13-18(17)24-21(25)31-22)30-12-6-5-11-23-33-34(26,27)32-16-8-10-19(28-3)20(14-16)29-4/h7-11,13-14H,5-6,12H2,1-4H3,(H,24,25). The van der Waals surface area contributed by atoms with Crippen molar-refractivity contribution >= 4 is 28.4 Å². The lowest BCUT2D eigenvalue weighted by molar-refractivity contribution is 0.0420. The lowest BCUT2D eigenvalue weighted by Gasteiger charge is -2.32. The Balaban J connectivity index is 1.43. The molecule has 12 heteroatoms. The Kier molecular flexibility index (Phi) is 7.72. The molecule has 0 atom stereocenters. The molecular weight excluding hydrogens is 468 g/mol. The number of unbranched alkanes of at least 4 members (excludes halogenated alkanes) is 1. The van der Waals surface area contributed by atoms with Gasteiger partial charge in [-0.1, -0.05) is 5.16 Å². The van der Waals surface area contributed by atoms with Crippen LogP contribution in [0.2, 0.25) is 0 Å². The van der Waals surface area contributed by atoms with Crippen molar-refractivity contribution in [2.75, 3.05) is 26.1 Å². The number of nitrogens with one attached hydrogen (secondary N) is 1. The molecule has 0 saturated carbocycles. The van der Waals surface area contributed by atoms with Crippen LogP contribution in [0.5, 0.6) is 23.0 Å². The van der Waals surface area contributed by atoms with Gasteiger partial charge in [0.05, 0.1) is 26.5 Å². The van der Waals surface area contributed by atoms with Crippen molar-refractivity contribution in [3.8, 4) is 23.0 Å². The number of hydrogen-bond donors (Lipinski definition) is 1. The first kappa shape index (κ1) is 25.0. The summed E-state index contributed by atoms with van der Waals surface area (Å²) in [4.78, 5) is 11.7. The molecule has 11 nitrogen and oxygen atoms in total. The van der Waals surface area contributed by atoms with Crippen LogP contribution in [-0.2, 0) is 25.0 Å². The maximum atomic E-state index is 11.9. The Morgan fingerprint density at radius 1 is 1.06 bits per heavy atom. The minimum absolute atomic E-state index is 0.0163. The molecular formula is C22H26N2O9S. The third-order valence-corrected chi connectivity index (χ3v) is 5.40. The first-order valence-corrected chi connectivity index (χ1v) is 11.6. The van der Waals surface area contributed by atoms with Crippen LogP contribution < -0.4 is 23.7 Å². The maximum absolute atomic E-state index is 11.9. The highest BCUT2D eigenvalue weighted by atomic mass is 32.3. The van der Waals surface area contributed by atoms with Gasteiger partial charge in [-0.2, -0.15) is 0 Å². The van der Waals surface area contributed by atoms with Gasteiger partial charge in [0.1, 0.15) is 17.1 Å². The molecule has 3 rings (SSSR count). The van der Waals surface area contributed by atoms with E-state index in [2.05, 4.69) is 14.8 Å². The fraction of sp³-hybridized carbons (Fsp3) is 0.364. The van der Waals surface area contributed by atoms with Crippen molar-refractivity contribution in [3.63, 3.8) is 0 Å². The smallest absolute Gasteiger partial charge is 0.494 e. The van der Waals surface area contributed by atoms with Crippen LogP contribution in [0.1, 0.15) is 32.3 Å². The molecule has 0 fully saturated rings. The summed E-state index contributed by atoms with van der Waals surface area (Å²) < 4.78 is 54.3. The topological polar surface area (TPSA) is 131 Å². The molecule has 1 N–H and O–H groups in total. The van der Waals surface area contributed by atoms with E-state index >= 15 is 0 Å². The molecule has 1 aliphatic heterocycles. The molecule has 1 aliphatic rings. The fourth-order valence-electron chi connectivity index (χ4n) is 3.17. The lowest BCUT2D eigenvalue weighted by atomic mass is 9.95. The maximum Gasteiger partial charge on any atom is 0.521 e. The van der Waals surface area contributed by atoms with E-state index in [1.54, 1.807) is 12.1 Å². The number of methoxy groups -OCH3 is 2. The van der Waals surface area contributed by atoms with Crippen molar-refractivity contribution in [1.82, 2.24) is 0 Å². The van der Waals surface area contributed by atoms with E-state index in [9.17, 15) is 13.2 Å². The summed E-state index contributed by atoms with van der Waals surface area (Å²) >= 11 is 0. The van der Waals surface area contributed by atoms with Gasteiger partial charge in [-0.3, -0.25) is 5.32 Å². The summed E-state index contributed by atoms with van der Waals surface area (Å²) in [6.45, 7) is 3.96. The van der Waals surface area contributed by atoms with Gasteiger partial charge in [0, 0.05) is 23.9 Å². The summed E-state index contributed by atoms with van der Waals surface area (Å²) in [5.74, 6) is 1.29. The van der Waals surface area contributed by atoms with Crippen LogP contribution in [0.3, 0.4) is 0 Å². The molecule has 2 aromatic carbocycles. The van der Waals surface area contributed by atoms with Crippen molar-refractivity contribution in [2.24, 2.45) is 5.16 Å². The number of fused-ring (bicyclic) bond motifs is 1. The monoisotopic (exact) mass is 494 g/mol. The average Bonchev–Trinajstić information content (AvgIpc) is 2.77. The summed E-state index contributed by atoms with van der Waals surface area (Å²) in [5, 5.41) is 6.09. The average molecular weight is 495 g/mol. The molecule has 0 unspecified atom stereocenters. The molecule has 0 radical (unpaired) electrons. The van der Waals surface area contributed by atoms with Crippen molar-refractivity contribution in [3.05, 3.63) is 42.0 Å². The minimum Gasteiger partial charge on any atom is -0.494 e. The molecule has 2 aromatic rings. The zero-order chi connectivity index (χ0) is 24.8. The van der Waals surface area contributed by atoms with E-state index in [1.807, 2.05) is 19.9 Å². The van der Waals surface area contributed by atoms with Crippen molar-refractivity contribution in [1.29, 1.82) is 0 Å². The number of carbonyl (C=O) groups excluding carboxylic acids is 1. The van der Waals surface area contributed by atoms with Gasteiger partial charge >= 0.3 is 16.5 Å². The van der Waals surface area contributed by atoms with Crippen LogP contribution in [0.25, 0.3) is 0 Å². The number of cyclic esters (lactones) is 1. The number of ether oxygens (including phenoxy) is 4. The first-order valence-electron chi connectivity index (χ1n) is 10.3. The van der Waals surface area contributed by atoms with Crippen LogP contribution in [0.15, 0.2) is 41.6 Å². The van der Waals surface area contributed by atoms with Gasteiger partial charge in [0.15, 0.2) is 11.5 Å². The largest absolute Gasteiger partial charge is 0.521 e. The van der Waals surface area contributed by atoms with E-state index in [-0.39, 0.29) is 5.75 Å². The number of rotatable bonds is 11. The normalized spacial score (nSPS) is 14.5. The molecule has 0 bridgehead atoms. The van der Waals surface area contributed by atoms with Crippen molar-refractivity contribution < 1.29 is 40.6 Å². The number of carbonyl (C=O) groups is 1.